The molecule has 1 aromatic rings. The number of nitrogens with two attached hydrogens (primary N) is 1. The van der Waals surface area contributed by atoms with E-state index in [9.17, 15) is 0 Å². The lowest BCUT2D eigenvalue weighted by Gasteiger charge is -2.45. The summed E-state index contributed by atoms with van der Waals surface area (Å²) in [5.41, 5.74) is 7.43. The van der Waals surface area contributed by atoms with Gasteiger partial charge in [-0.3, -0.25) is 9.88 Å². The lowest BCUT2D eigenvalue weighted by molar-refractivity contribution is 0.0811. The molecular weight excluding hydrogens is 242 g/mol. The van der Waals surface area contributed by atoms with Crippen LogP contribution in [0.25, 0.3) is 0 Å². The highest BCUT2D eigenvalue weighted by Gasteiger charge is 2.36. The predicted molar refractivity (Wildman–Crippen MR) is 78.7 cm³/mol. The van der Waals surface area contributed by atoms with Crippen molar-refractivity contribution in [1.82, 2.24) is 9.88 Å². The van der Waals surface area contributed by atoms with Crippen LogP contribution in [-0.2, 0) is 6.54 Å². The second-order valence-electron chi connectivity index (χ2n) is 4.88. The molecule has 0 aromatic carbocycles. The van der Waals surface area contributed by atoms with E-state index < -0.39 is 0 Å². The van der Waals surface area contributed by atoms with Crippen LogP contribution in [0.3, 0.4) is 0 Å². The van der Waals surface area contributed by atoms with Crippen LogP contribution in [0.2, 0.25) is 0 Å². The first-order valence-corrected chi connectivity index (χ1v) is 7.89. The zero-order valence-corrected chi connectivity index (χ0v) is 12.0. The molecule has 2 heterocycles. The molecule has 0 atom stereocenters. The van der Waals surface area contributed by atoms with Gasteiger partial charge in [0.25, 0.3) is 0 Å². The summed E-state index contributed by atoms with van der Waals surface area (Å²) >= 11 is 2.05. The van der Waals surface area contributed by atoms with Crippen LogP contribution in [0.1, 0.15) is 25.5 Å². The van der Waals surface area contributed by atoms with Gasteiger partial charge in [0, 0.05) is 24.8 Å². The van der Waals surface area contributed by atoms with Gasteiger partial charge >= 0.3 is 0 Å². The fourth-order valence-electron chi connectivity index (χ4n) is 2.70. The zero-order chi connectivity index (χ0) is 12.8. The van der Waals surface area contributed by atoms with Crippen molar-refractivity contribution >= 4 is 11.8 Å². The largest absolute Gasteiger partial charge is 0.329 e. The molecule has 2 N–H and O–H groups in total. The molecule has 0 saturated carbocycles. The summed E-state index contributed by atoms with van der Waals surface area (Å²) in [4.78, 5) is 6.96. The lowest BCUT2D eigenvalue weighted by atomic mass is 9.89. The van der Waals surface area contributed by atoms with Gasteiger partial charge in [-0.15, -0.1) is 0 Å². The Morgan fingerprint density at radius 2 is 2.17 bits per heavy atom. The second-order valence-corrected chi connectivity index (χ2v) is 6.10. The van der Waals surface area contributed by atoms with Gasteiger partial charge in [0.2, 0.25) is 0 Å². The number of aromatic nitrogens is 1. The van der Waals surface area contributed by atoms with E-state index in [0.29, 0.717) is 0 Å². The fourth-order valence-corrected chi connectivity index (χ4v) is 3.96. The van der Waals surface area contributed by atoms with E-state index in [0.717, 1.165) is 25.3 Å². The van der Waals surface area contributed by atoms with Crippen molar-refractivity contribution in [2.45, 2.75) is 31.8 Å². The molecule has 3 nitrogen and oxygen atoms in total. The molecule has 1 aromatic heterocycles. The van der Waals surface area contributed by atoms with Crippen LogP contribution in [0, 0.1) is 0 Å². The number of nitrogens with zero attached hydrogens (tertiary/aromatic N) is 2. The Bertz CT molecular complexity index is 349. The van der Waals surface area contributed by atoms with Gasteiger partial charge in [0.15, 0.2) is 0 Å². The van der Waals surface area contributed by atoms with Gasteiger partial charge in [-0.05, 0) is 43.0 Å². The fraction of sp³-hybridized carbons (Fsp3) is 0.643. The third-order valence-electron chi connectivity index (χ3n) is 3.94. The van der Waals surface area contributed by atoms with E-state index in [-0.39, 0.29) is 5.54 Å². The summed E-state index contributed by atoms with van der Waals surface area (Å²) < 4.78 is 0. The van der Waals surface area contributed by atoms with Gasteiger partial charge in [0.05, 0.1) is 5.69 Å². The van der Waals surface area contributed by atoms with E-state index in [1.807, 2.05) is 24.0 Å². The Morgan fingerprint density at radius 1 is 1.39 bits per heavy atom. The van der Waals surface area contributed by atoms with E-state index in [1.165, 1.54) is 24.3 Å². The van der Waals surface area contributed by atoms with Crippen molar-refractivity contribution in [3.05, 3.63) is 30.1 Å². The van der Waals surface area contributed by atoms with Gasteiger partial charge in [-0.25, -0.2) is 0 Å². The van der Waals surface area contributed by atoms with Gasteiger partial charge in [-0.1, -0.05) is 13.0 Å². The minimum absolute atomic E-state index is 0.192. The second kappa shape index (κ2) is 6.55. The third-order valence-corrected chi connectivity index (χ3v) is 4.92. The highest BCUT2D eigenvalue weighted by molar-refractivity contribution is 7.99. The summed E-state index contributed by atoms with van der Waals surface area (Å²) in [5.74, 6) is 2.46. The summed E-state index contributed by atoms with van der Waals surface area (Å²) in [7, 11) is 0. The maximum atomic E-state index is 6.10. The lowest BCUT2D eigenvalue weighted by Crippen LogP contribution is -2.55. The highest BCUT2D eigenvalue weighted by atomic mass is 32.2. The number of thioether (sulfide) groups is 1. The monoisotopic (exact) mass is 265 g/mol. The number of hydrogen-bond acceptors (Lipinski definition) is 4. The number of pyridine rings is 1. The van der Waals surface area contributed by atoms with Gasteiger partial charge in [-0.2, -0.15) is 11.8 Å². The summed E-state index contributed by atoms with van der Waals surface area (Å²) in [5, 5.41) is 0. The van der Waals surface area contributed by atoms with Crippen molar-refractivity contribution in [2.24, 2.45) is 5.73 Å². The Kier molecular flexibility index (Phi) is 5.03. The molecule has 1 aliphatic heterocycles. The standard InChI is InChI=1S/C14H23N3S/c1-2-17(11-13-5-3-4-8-16-13)14(12-15)6-9-18-10-7-14/h3-5,8H,2,6-7,9-12,15H2,1H3. The maximum absolute atomic E-state index is 6.10. The average Bonchev–Trinajstić information content (AvgIpc) is 2.46. The van der Waals surface area contributed by atoms with Crippen LogP contribution in [-0.4, -0.2) is 40.0 Å². The quantitative estimate of drug-likeness (QED) is 0.885. The predicted octanol–water partition coefficient (Wildman–Crippen LogP) is 2.13. The molecule has 4 heteroatoms. The maximum Gasteiger partial charge on any atom is 0.0544 e. The first kappa shape index (κ1) is 13.8. The summed E-state index contributed by atoms with van der Waals surface area (Å²) in [6, 6.07) is 6.13. The molecule has 0 aliphatic carbocycles. The number of hydrogen-bond donors (Lipinski definition) is 1. The van der Waals surface area contributed by atoms with E-state index in [1.54, 1.807) is 0 Å². The SMILES string of the molecule is CCN(Cc1ccccn1)C1(CN)CCSCC1. The van der Waals surface area contributed by atoms with Crippen LogP contribution in [0.4, 0.5) is 0 Å². The summed E-state index contributed by atoms with van der Waals surface area (Å²) in [6.07, 6.45) is 4.28. The molecule has 1 fully saturated rings. The number of rotatable bonds is 5. The normalized spacial score (nSPS) is 19.1. The molecular formula is C14H23N3S. The average molecular weight is 265 g/mol. The molecule has 0 bridgehead atoms. The Labute approximate surface area is 114 Å². The van der Waals surface area contributed by atoms with E-state index in [4.69, 9.17) is 5.73 Å². The Morgan fingerprint density at radius 3 is 2.72 bits per heavy atom. The molecule has 1 aliphatic rings. The van der Waals surface area contributed by atoms with Crippen LogP contribution < -0.4 is 5.73 Å². The van der Waals surface area contributed by atoms with Crippen molar-refractivity contribution in [3.63, 3.8) is 0 Å². The van der Waals surface area contributed by atoms with Crippen LogP contribution in [0.5, 0.6) is 0 Å². The molecule has 0 radical (unpaired) electrons. The van der Waals surface area contributed by atoms with Crippen molar-refractivity contribution in [2.75, 3.05) is 24.6 Å². The molecule has 100 valence electrons. The third kappa shape index (κ3) is 3.05. The minimum atomic E-state index is 0.192. The minimum Gasteiger partial charge on any atom is -0.329 e. The number of likely N-dealkylation sites (N-methyl/N-ethyl adjacent to an activating group) is 1. The molecule has 0 unspecified atom stereocenters. The van der Waals surface area contributed by atoms with Crippen LogP contribution in [0.15, 0.2) is 24.4 Å². The smallest absolute Gasteiger partial charge is 0.0544 e. The van der Waals surface area contributed by atoms with E-state index >= 15 is 0 Å². The Balaban J connectivity index is 2.11. The topological polar surface area (TPSA) is 42.2 Å². The van der Waals surface area contributed by atoms with Crippen LogP contribution >= 0.6 is 11.8 Å². The molecule has 1 saturated heterocycles. The first-order chi connectivity index (χ1) is 8.80. The van der Waals surface area contributed by atoms with Crippen molar-refractivity contribution < 1.29 is 0 Å². The van der Waals surface area contributed by atoms with Gasteiger partial charge < -0.3 is 5.73 Å². The Hall–Kier alpha value is -0.580. The van der Waals surface area contributed by atoms with Crippen molar-refractivity contribution in [3.8, 4) is 0 Å². The zero-order valence-electron chi connectivity index (χ0n) is 11.1. The first-order valence-electron chi connectivity index (χ1n) is 6.73. The molecule has 0 spiro atoms. The van der Waals surface area contributed by atoms with Gasteiger partial charge in [0.1, 0.15) is 0 Å². The van der Waals surface area contributed by atoms with Crippen molar-refractivity contribution in [1.29, 1.82) is 0 Å². The molecule has 0 amide bonds. The molecule has 2 rings (SSSR count). The highest BCUT2D eigenvalue weighted by Crippen LogP contribution is 2.32. The summed E-state index contributed by atoms with van der Waals surface area (Å²) in [6.45, 7) is 4.94. The molecule has 18 heavy (non-hydrogen) atoms. The van der Waals surface area contributed by atoms with E-state index in [2.05, 4.69) is 28.9 Å².